The predicted molar refractivity (Wildman–Crippen MR) is 350 cm³/mol. The van der Waals surface area contributed by atoms with Gasteiger partial charge in [0.05, 0.1) is 57.8 Å². The molecule has 91 heavy (non-hydrogen) atoms. The van der Waals surface area contributed by atoms with Crippen LogP contribution in [-0.4, -0.2) is 106 Å². The van der Waals surface area contributed by atoms with E-state index in [1.54, 1.807) is 12.1 Å². The van der Waals surface area contributed by atoms with Crippen molar-refractivity contribution in [1.82, 2.24) is 39.9 Å². The molecule has 0 fully saturated rings. The molecule has 4 aliphatic heterocycles. The number of nitrogens with zero attached hydrogens (tertiary/aromatic N) is 4. The minimum Gasteiger partial charge on any atom is -0.481 e. The van der Waals surface area contributed by atoms with Crippen molar-refractivity contribution in [3.63, 3.8) is 0 Å². The molecule has 0 saturated carbocycles. The predicted octanol–water partition coefficient (Wildman–Crippen LogP) is 14.4. The van der Waals surface area contributed by atoms with E-state index >= 15 is 0 Å². The van der Waals surface area contributed by atoms with Crippen LogP contribution in [0.3, 0.4) is 0 Å². The average Bonchev–Trinajstić information content (AvgIpc) is 1.64. The molecule has 0 aliphatic carbocycles. The highest BCUT2D eigenvalue weighted by Gasteiger charge is 2.28. The number of aromatic amines is 4. The van der Waals surface area contributed by atoms with Crippen molar-refractivity contribution in [2.75, 3.05) is 0 Å². The average molecular weight is 1230 g/mol. The number of aliphatic carboxylic acids is 6. The van der Waals surface area contributed by atoms with Gasteiger partial charge >= 0.3 is 35.8 Å². The summed E-state index contributed by atoms with van der Waals surface area (Å²) in [6.45, 7) is 19.0. The van der Waals surface area contributed by atoms with Gasteiger partial charge in [-0.05, 0) is 222 Å². The summed E-state index contributed by atoms with van der Waals surface area (Å²) < 4.78 is 7.26. The summed E-state index contributed by atoms with van der Waals surface area (Å²) in [5.74, 6) is -6.26. The Kier molecular flexibility index (Phi) is 17.8. The number of nitrogens with one attached hydrogen (secondary N) is 4. The Morgan fingerprint density at radius 3 is 0.912 bits per heavy atom. The molecule has 10 heterocycles. The van der Waals surface area contributed by atoms with Crippen LogP contribution in [0.25, 0.3) is 101 Å². The van der Waals surface area contributed by atoms with Crippen molar-refractivity contribution in [2.45, 2.75) is 133 Å². The minimum atomic E-state index is -1.14. The van der Waals surface area contributed by atoms with Crippen LogP contribution in [0.2, 0.25) is 0 Å². The molecule has 4 aliphatic rings. The molecule has 21 heteroatoms. The number of hydrogen-bond donors (Lipinski definition) is 10. The summed E-state index contributed by atoms with van der Waals surface area (Å²) >= 11 is 0. The molecule has 0 radical (unpaired) electrons. The highest BCUT2D eigenvalue weighted by atomic mass is 16.5. The molecule has 2 unspecified atom stereocenters. The van der Waals surface area contributed by atoms with Crippen LogP contribution < -0.4 is 0 Å². The lowest BCUT2D eigenvalue weighted by molar-refractivity contribution is -0.137. The Morgan fingerprint density at radius 2 is 0.637 bits per heavy atom. The van der Waals surface area contributed by atoms with Crippen molar-refractivity contribution in [3.8, 4) is 0 Å². The van der Waals surface area contributed by atoms with Gasteiger partial charge in [-0.3, -0.25) is 19.2 Å². The van der Waals surface area contributed by atoms with Crippen LogP contribution in [0.15, 0.2) is 60.7 Å². The first-order chi connectivity index (χ1) is 43.1. The smallest absolute Gasteiger partial charge is 0.328 e. The molecule has 6 aromatic rings. The third kappa shape index (κ3) is 13.0. The summed E-state index contributed by atoms with van der Waals surface area (Å²) in [7, 11) is 0. The summed E-state index contributed by atoms with van der Waals surface area (Å²) in [6.07, 6.45) is 3.68. The van der Waals surface area contributed by atoms with Crippen LogP contribution in [0.4, 0.5) is 0 Å². The quantitative estimate of drug-likeness (QED) is 0.0317. The second-order valence-corrected chi connectivity index (χ2v) is 23.4. The van der Waals surface area contributed by atoms with Gasteiger partial charge in [0.25, 0.3) is 0 Å². The fourth-order valence-corrected chi connectivity index (χ4v) is 12.7. The lowest BCUT2D eigenvalue weighted by atomic mass is 9.98. The monoisotopic (exact) mass is 1230 g/mol. The number of carbonyl (C=O) groups is 6. The molecule has 10 rings (SSSR count). The second-order valence-electron chi connectivity index (χ2n) is 23.4. The Bertz CT molecular complexity index is 4430. The Morgan fingerprint density at radius 1 is 0.374 bits per heavy atom. The third-order valence-electron chi connectivity index (χ3n) is 17.6. The highest BCUT2D eigenvalue weighted by molar-refractivity contribution is 6.00. The van der Waals surface area contributed by atoms with Gasteiger partial charge in [-0.25, -0.2) is 29.5 Å². The number of aryl methyl sites for hydroxylation is 4. The van der Waals surface area contributed by atoms with Gasteiger partial charge < -0.3 is 55.3 Å². The van der Waals surface area contributed by atoms with Crippen molar-refractivity contribution in [1.29, 1.82) is 0 Å². The molecular formula is C70H70N8O13. The van der Waals surface area contributed by atoms with Crippen molar-refractivity contribution in [2.24, 2.45) is 0 Å². The van der Waals surface area contributed by atoms with E-state index < -0.39 is 48.0 Å². The summed E-state index contributed by atoms with van der Waals surface area (Å²) in [5, 5.41) is 59.3. The largest absolute Gasteiger partial charge is 0.481 e. The molecule has 0 spiro atoms. The van der Waals surface area contributed by atoms with Crippen LogP contribution >= 0.6 is 0 Å². The summed E-state index contributed by atoms with van der Waals surface area (Å²) in [6, 6.07) is 14.9. The van der Waals surface area contributed by atoms with E-state index in [2.05, 4.69) is 19.9 Å². The number of carboxylic acids is 6. The second kappa shape index (κ2) is 25.5. The number of rotatable bonds is 20. The molecule has 2 atom stereocenters. The number of aromatic nitrogens is 8. The molecule has 21 nitrogen and oxygen atoms in total. The zero-order valence-electron chi connectivity index (χ0n) is 52.1. The van der Waals surface area contributed by atoms with E-state index in [0.717, 1.165) is 67.8 Å². The van der Waals surface area contributed by atoms with Gasteiger partial charge in [-0.2, -0.15) is 0 Å². The van der Waals surface area contributed by atoms with E-state index in [-0.39, 0.29) is 51.4 Å². The Labute approximate surface area is 522 Å². The molecule has 0 aromatic carbocycles. The Balaban J connectivity index is 1.22. The zero-order chi connectivity index (χ0) is 65.6. The standard InChI is InChI=1S/C70H70N8O13/c1-31-41(11-17-63(79)80)55-25-53-37(7)69(61(77-53)27-51-35(5)45(15-21-67(87)88)59(75-51)29-57-43(13-19-65(83)84)33(3)49(73-57)23-47(31)71-55)39(9)91-40(10)70-38(8)54-26-56-42(12-18-64(81)82)32(2)48(72-56)24-50-34(4)44(14-20-66(85)86)58(74-50)30-60-46(16-22-68(89)90)36(6)52(76-60)28-62(70)78-54/h11-12,17-18,23-30,39-40,71-72,77-78H,13-16,19-22H2,1-10H3,(H,79,80)(H,81,82)(H,83,84)(H,85,86)(H,87,88)(H,89,90)/b17-11+,18-12+,47-23?,48-24?,49-23?,50-24?,51-27?,52-28?,53-25?,54-26?,55-25?,56-26?,57-29?,58-30?,59-29?,60-30?,61-27?,62-28?. The number of H-pyrrole nitrogens is 4. The fourth-order valence-electron chi connectivity index (χ4n) is 12.7. The molecule has 6 aromatic heterocycles. The van der Waals surface area contributed by atoms with E-state index in [0.29, 0.717) is 123 Å². The number of carboxylic acid groups (broad SMARTS) is 6. The SMILES string of the molecule is CC1=C(CCC(=O)O)c2cc3nc(cc4[nH]c(cc5[nH]c(cc1n2)c(C)c5/C=C/C(=O)O)c(C)c4C(C)OC(C)c1c(C)c2cc4[nH]c(cc5nc(cc6nc(cc1[nH]2)C(C)=C6CCC(=O)O)C(CCC(=O)O)=C5C)c(C)c4/C=C/C(=O)O)C(C)=C3CCC(=O)O. The van der Waals surface area contributed by atoms with Crippen LogP contribution in [0, 0.1) is 27.7 Å². The maximum Gasteiger partial charge on any atom is 0.328 e. The van der Waals surface area contributed by atoms with Crippen LogP contribution in [0.1, 0.15) is 195 Å². The van der Waals surface area contributed by atoms with Gasteiger partial charge in [-0.15, -0.1) is 0 Å². The number of allylic oxidation sites excluding steroid dienone is 8. The first-order valence-corrected chi connectivity index (χ1v) is 29.8. The first-order valence-electron chi connectivity index (χ1n) is 29.8. The lowest BCUT2D eigenvalue weighted by Gasteiger charge is -2.21. The van der Waals surface area contributed by atoms with E-state index in [9.17, 15) is 59.4 Å². The molecule has 0 saturated heterocycles. The van der Waals surface area contributed by atoms with Gasteiger partial charge in [0, 0.05) is 104 Å². The normalized spacial score (nSPS) is 14.2. The molecule has 10 N–H and O–H groups in total. The third-order valence-corrected chi connectivity index (χ3v) is 17.6. The van der Waals surface area contributed by atoms with Crippen LogP contribution in [0.5, 0.6) is 0 Å². The summed E-state index contributed by atoms with van der Waals surface area (Å²) in [5.41, 5.74) is 20.4. The molecule has 0 amide bonds. The van der Waals surface area contributed by atoms with Gasteiger partial charge in [0.15, 0.2) is 0 Å². The minimum absolute atomic E-state index is 0.142. The molecular weight excluding hydrogens is 1160 g/mol. The van der Waals surface area contributed by atoms with E-state index in [1.165, 1.54) is 12.2 Å². The van der Waals surface area contributed by atoms with E-state index in [4.69, 9.17) is 24.7 Å². The van der Waals surface area contributed by atoms with Crippen molar-refractivity contribution >= 4 is 137 Å². The highest BCUT2D eigenvalue weighted by Crippen LogP contribution is 2.43. The van der Waals surface area contributed by atoms with Gasteiger partial charge in [-0.1, -0.05) is 0 Å². The zero-order valence-corrected chi connectivity index (χ0v) is 52.1. The number of ether oxygens (including phenoxy) is 1. The lowest BCUT2D eigenvalue weighted by Crippen LogP contribution is -2.07. The molecule has 468 valence electrons. The number of hydrogen-bond acceptors (Lipinski definition) is 11. The fraction of sp³-hybridized carbons (Fsp3) is 0.286. The van der Waals surface area contributed by atoms with Crippen LogP contribution in [-0.2, 0) is 33.5 Å². The Hall–Kier alpha value is -10.5. The van der Waals surface area contributed by atoms with Gasteiger partial charge in [0.1, 0.15) is 0 Å². The number of fused-ring (bicyclic) bond motifs is 16. The maximum absolute atomic E-state index is 12.2. The van der Waals surface area contributed by atoms with Crippen molar-refractivity contribution in [3.05, 3.63) is 151 Å². The van der Waals surface area contributed by atoms with E-state index in [1.807, 2.05) is 106 Å². The molecule has 16 bridgehead atoms. The van der Waals surface area contributed by atoms with Gasteiger partial charge in [0.2, 0.25) is 0 Å². The topological polar surface area (TPSA) is 348 Å². The summed E-state index contributed by atoms with van der Waals surface area (Å²) in [4.78, 5) is 107. The first kappa shape index (κ1) is 63.5. The van der Waals surface area contributed by atoms with Crippen molar-refractivity contribution < 1.29 is 64.1 Å². The maximum atomic E-state index is 12.2.